The maximum Gasteiger partial charge on any atom is 0.149 e. The molecule has 0 amide bonds. The van der Waals surface area contributed by atoms with Crippen LogP contribution in [-0.2, 0) is 0 Å². The molecule has 1 aliphatic heterocycles. The van der Waals surface area contributed by atoms with Gasteiger partial charge in [-0.25, -0.2) is 9.97 Å². The van der Waals surface area contributed by atoms with Gasteiger partial charge in [-0.2, -0.15) is 0 Å². The van der Waals surface area contributed by atoms with Crippen LogP contribution < -0.4 is 10.2 Å². The van der Waals surface area contributed by atoms with Crippen molar-refractivity contribution in [3.8, 4) is 0 Å². The zero-order valence-corrected chi connectivity index (χ0v) is 11.6. The van der Waals surface area contributed by atoms with Crippen LogP contribution in [0.5, 0.6) is 0 Å². The highest BCUT2D eigenvalue weighted by Crippen LogP contribution is 2.30. The molecule has 4 nitrogen and oxygen atoms in total. The summed E-state index contributed by atoms with van der Waals surface area (Å²) in [7, 11) is 2.12. The van der Waals surface area contributed by atoms with Crippen molar-refractivity contribution in [1.29, 1.82) is 0 Å². The van der Waals surface area contributed by atoms with E-state index in [1.807, 2.05) is 0 Å². The Balaban J connectivity index is 1.88. The number of nitrogens with one attached hydrogen (secondary N) is 1. The third-order valence-electron chi connectivity index (χ3n) is 3.53. The lowest BCUT2D eigenvalue weighted by molar-refractivity contribution is 0.598. The Morgan fingerprint density at radius 3 is 3.17 bits per heavy atom. The normalized spacial score (nSPS) is 19.6. The molecular formula is C13H18N4S. The van der Waals surface area contributed by atoms with E-state index in [-0.39, 0.29) is 0 Å². The van der Waals surface area contributed by atoms with Crippen molar-refractivity contribution in [2.45, 2.75) is 25.8 Å². The minimum Gasteiger partial charge on any atom is -0.357 e. The van der Waals surface area contributed by atoms with Gasteiger partial charge in [0.25, 0.3) is 0 Å². The van der Waals surface area contributed by atoms with Crippen molar-refractivity contribution < 1.29 is 0 Å². The third-order valence-corrected chi connectivity index (χ3v) is 4.61. The van der Waals surface area contributed by atoms with E-state index in [2.05, 4.69) is 39.5 Å². The number of hydrogen-bond acceptors (Lipinski definition) is 5. The molecule has 0 aliphatic carbocycles. The lowest BCUT2D eigenvalue weighted by Crippen LogP contribution is -2.35. The van der Waals surface area contributed by atoms with Gasteiger partial charge in [-0.3, -0.25) is 0 Å². The molecule has 0 aromatic carbocycles. The van der Waals surface area contributed by atoms with Crippen molar-refractivity contribution in [3.05, 3.63) is 17.3 Å². The maximum absolute atomic E-state index is 4.46. The second-order valence-electron chi connectivity index (χ2n) is 4.97. The predicted octanol–water partition coefficient (Wildman–Crippen LogP) is 2.19. The molecule has 2 aromatic heterocycles. The average Bonchev–Trinajstić information content (AvgIpc) is 3.00. The summed E-state index contributed by atoms with van der Waals surface area (Å²) in [5.74, 6) is 1.06. The number of aryl methyl sites for hydroxylation is 1. The Kier molecular flexibility index (Phi) is 3.18. The number of likely N-dealkylation sites (N-methyl/N-ethyl adjacent to an activating group) is 1. The van der Waals surface area contributed by atoms with Gasteiger partial charge in [-0.15, -0.1) is 11.3 Å². The SMILES string of the molecule is Cc1csc2c(N(C)CC3CCCN3)ncnc12. The maximum atomic E-state index is 4.46. The van der Waals surface area contributed by atoms with Crippen LogP contribution in [0.15, 0.2) is 11.7 Å². The second kappa shape index (κ2) is 4.82. The fraction of sp³-hybridized carbons (Fsp3) is 0.538. The largest absolute Gasteiger partial charge is 0.357 e. The molecule has 3 rings (SSSR count). The van der Waals surface area contributed by atoms with E-state index in [1.165, 1.54) is 23.1 Å². The summed E-state index contributed by atoms with van der Waals surface area (Å²) in [6.07, 6.45) is 4.23. The molecule has 0 spiro atoms. The number of nitrogens with zero attached hydrogens (tertiary/aromatic N) is 3. The summed E-state index contributed by atoms with van der Waals surface area (Å²) in [5, 5.41) is 5.69. The fourth-order valence-electron chi connectivity index (χ4n) is 2.56. The molecular weight excluding hydrogens is 244 g/mol. The predicted molar refractivity (Wildman–Crippen MR) is 76.4 cm³/mol. The van der Waals surface area contributed by atoms with Crippen molar-refractivity contribution in [2.75, 3.05) is 25.0 Å². The lowest BCUT2D eigenvalue weighted by Gasteiger charge is -2.22. The van der Waals surface area contributed by atoms with Crippen LogP contribution in [0.25, 0.3) is 10.2 Å². The van der Waals surface area contributed by atoms with Gasteiger partial charge >= 0.3 is 0 Å². The highest BCUT2D eigenvalue weighted by molar-refractivity contribution is 7.18. The Bertz CT molecular complexity index is 545. The first-order valence-corrected chi connectivity index (χ1v) is 7.27. The molecule has 3 heterocycles. The van der Waals surface area contributed by atoms with E-state index >= 15 is 0 Å². The first-order chi connectivity index (χ1) is 8.75. The van der Waals surface area contributed by atoms with Crippen LogP contribution in [-0.4, -0.2) is 36.1 Å². The lowest BCUT2D eigenvalue weighted by atomic mass is 10.2. The molecule has 1 N–H and O–H groups in total. The van der Waals surface area contributed by atoms with E-state index in [4.69, 9.17) is 0 Å². The number of hydrogen-bond donors (Lipinski definition) is 1. The first kappa shape index (κ1) is 11.9. The van der Waals surface area contributed by atoms with E-state index in [1.54, 1.807) is 17.7 Å². The van der Waals surface area contributed by atoms with Crippen LogP contribution in [0.4, 0.5) is 5.82 Å². The molecule has 96 valence electrons. The van der Waals surface area contributed by atoms with Crippen LogP contribution in [0.2, 0.25) is 0 Å². The van der Waals surface area contributed by atoms with Gasteiger partial charge in [0.1, 0.15) is 12.1 Å². The van der Waals surface area contributed by atoms with E-state index in [9.17, 15) is 0 Å². The Labute approximate surface area is 111 Å². The van der Waals surface area contributed by atoms with Crippen molar-refractivity contribution in [3.63, 3.8) is 0 Å². The third kappa shape index (κ3) is 2.08. The first-order valence-electron chi connectivity index (χ1n) is 6.39. The Morgan fingerprint density at radius 1 is 1.50 bits per heavy atom. The Morgan fingerprint density at radius 2 is 2.39 bits per heavy atom. The Hall–Kier alpha value is -1.20. The highest BCUT2D eigenvalue weighted by atomic mass is 32.1. The van der Waals surface area contributed by atoms with Gasteiger partial charge in [0.05, 0.1) is 10.2 Å². The zero-order valence-electron chi connectivity index (χ0n) is 10.8. The average molecular weight is 262 g/mol. The molecule has 0 bridgehead atoms. The smallest absolute Gasteiger partial charge is 0.149 e. The topological polar surface area (TPSA) is 41.0 Å². The number of aromatic nitrogens is 2. The second-order valence-corrected chi connectivity index (χ2v) is 5.85. The quantitative estimate of drug-likeness (QED) is 0.920. The summed E-state index contributed by atoms with van der Waals surface area (Å²) >= 11 is 1.74. The molecule has 18 heavy (non-hydrogen) atoms. The van der Waals surface area contributed by atoms with Crippen molar-refractivity contribution in [2.24, 2.45) is 0 Å². The number of thiophene rings is 1. The fourth-order valence-corrected chi connectivity index (χ4v) is 3.60. The number of anilines is 1. The van der Waals surface area contributed by atoms with E-state index < -0.39 is 0 Å². The van der Waals surface area contributed by atoms with Gasteiger partial charge in [-0.05, 0) is 37.3 Å². The molecule has 1 fully saturated rings. The minimum atomic E-state index is 0.598. The molecule has 0 radical (unpaired) electrons. The summed E-state index contributed by atoms with van der Waals surface area (Å²) in [6, 6.07) is 0.598. The summed E-state index contributed by atoms with van der Waals surface area (Å²) < 4.78 is 1.20. The standard InChI is InChI=1S/C13H18N4S/c1-9-7-18-12-11(9)15-8-16-13(12)17(2)6-10-4-3-5-14-10/h7-8,10,14H,3-6H2,1-2H3. The van der Waals surface area contributed by atoms with Gasteiger partial charge in [0, 0.05) is 19.6 Å². The minimum absolute atomic E-state index is 0.598. The summed E-state index contributed by atoms with van der Waals surface area (Å²) in [6.45, 7) is 4.27. The number of rotatable bonds is 3. The van der Waals surface area contributed by atoms with Crippen molar-refractivity contribution in [1.82, 2.24) is 15.3 Å². The molecule has 0 saturated carbocycles. The van der Waals surface area contributed by atoms with E-state index in [0.29, 0.717) is 6.04 Å². The summed E-state index contributed by atoms with van der Waals surface area (Å²) in [5.41, 5.74) is 2.34. The van der Waals surface area contributed by atoms with Crippen LogP contribution >= 0.6 is 11.3 Å². The molecule has 1 aliphatic rings. The monoisotopic (exact) mass is 262 g/mol. The summed E-state index contributed by atoms with van der Waals surface area (Å²) in [4.78, 5) is 11.1. The van der Waals surface area contributed by atoms with Gasteiger partial charge < -0.3 is 10.2 Å². The van der Waals surface area contributed by atoms with E-state index in [0.717, 1.165) is 24.4 Å². The van der Waals surface area contributed by atoms with Crippen LogP contribution in [0.1, 0.15) is 18.4 Å². The van der Waals surface area contributed by atoms with Gasteiger partial charge in [0.15, 0.2) is 0 Å². The zero-order chi connectivity index (χ0) is 12.5. The van der Waals surface area contributed by atoms with Crippen molar-refractivity contribution >= 4 is 27.4 Å². The molecule has 1 unspecified atom stereocenters. The molecule has 2 aromatic rings. The van der Waals surface area contributed by atoms with Crippen LogP contribution in [0, 0.1) is 6.92 Å². The van der Waals surface area contributed by atoms with Crippen LogP contribution in [0.3, 0.4) is 0 Å². The van der Waals surface area contributed by atoms with Gasteiger partial charge in [-0.1, -0.05) is 0 Å². The molecule has 1 atom stereocenters. The van der Waals surface area contributed by atoms with Gasteiger partial charge in [0.2, 0.25) is 0 Å². The molecule has 5 heteroatoms. The number of fused-ring (bicyclic) bond motifs is 1. The highest BCUT2D eigenvalue weighted by Gasteiger charge is 2.18. The molecule has 1 saturated heterocycles.